The molecule has 5 nitrogen and oxygen atoms in total. The summed E-state index contributed by atoms with van der Waals surface area (Å²) in [6.07, 6.45) is 1.72. The molecular weight excluding hydrogens is 268 g/mol. The van der Waals surface area contributed by atoms with Crippen LogP contribution >= 0.6 is 11.6 Å². The van der Waals surface area contributed by atoms with Gasteiger partial charge in [0.2, 0.25) is 0 Å². The van der Waals surface area contributed by atoms with Crippen molar-refractivity contribution in [1.82, 2.24) is 0 Å². The maximum absolute atomic E-state index is 10.7. The average Bonchev–Trinajstić information content (AvgIpc) is 2.92. The summed E-state index contributed by atoms with van der Waals surface area (Å²) in [6.45, 7) is 1.66. The summed E-state index contributed by atoms with van der Waals surface area (Å²) >= 11 is 6.14. The second kappa shape index (κ2) is 4.65. The van der Waals surface area contributed by atoms with Crippen molar-refractivity contribution >= 4 is 23.0 Å². The van der Waals surface area contributed by atoms with Crippen molar-refractivity contribution < 1.29 is 10.0 Å². The first-order valence-electron chi connectivity index (χ1n) is 6.43. The van der Waals surface area contributed by atoms with Crippen LogP contribution in [0.1, 0.15) is 12.8 Å². The molecule has 1 aromatic rings. The fourth-order valence-corrected chi connectivity index (χ4v) is 3.59. The van der Waals surface area contributed by atoms with E-state index in [0.29, 0.717) is 16.9 Å². The SMILES string of the molecule is O=[N+]([O-])c1ccc(N2CC3CCC(O)C3C2)c(Cl)c1. The Labute approximate surface area is 115 Å². The lowest BCUT2D eigenvalue weighted by atomic mass is 10.00. The van der Waals surface area contributed by atoms with Crippen molar-refractivity contribution in [2.75, 3.05) is 18.0 Å². The normalized spacial score (nSPS) is 29.6. The smallest absolute Gasteiger partial charge is 0.271 e. The van der Waals surface area contributed by atoms with Gasteiger partial charge in [-0.05, 0) is 24.8 Å². The fourth-order valence-electron chi connectivity index (χ4n) is 3.30. The lowest BCUT2D eigenvalue weighted by molar-refractivity contribution is -0.384. The standard InChI is InChI=1S/C13H15ClN2O3/c14-11-5-9(16(18)19)2-3-12(11)15-6-8-1-4-13(17)10(8)7-15/h2-3,5,8,10,13,17H,1,4,6-7H2. The highest BCUT2D eigenvalue weighted by atomic mass is 35.5. The van der Waals surface area contributed by atoms with Crippen molar-refractivity contribution in [2.45, 2.75) is 18.9 Å². The first kappa shape index (κ1) is 12.7. The molecule has 3 unspecified atom stereocenters. The Kier molecular flexibility index (Phi) is 3.11. The van der Waals surface area contributed by atoms with Crippen LogP contribution in [-0.4, -0.2) is 29.2 Å². The molecule has 19 heavy (non-hydrogen) atoms. The number of hydrogen-bond acceptors (Lipinski definition) is 4. The predicted molar refractivity (Wildman–Crippen MR) is 72.5 cm³/mol. The van der Waals surface area contributed by atoms with Gasteiger partial charge in [-0.2, -0.15) is 0 Å². The van der Waals surface area contributed by atoms with Gasteiger partial charge >= 0.3 is 0 Å². The number of nitrogens with zero attached hydrogens (tertiary/aromatic N) is 2. The Balaban J connectivity index is 1.82. The molecule has 6 heteroatoms. The molecule has 0 radical (unpaired) electrons. The maximum Gasteiger partial charge on any atom is 0.271 e. The van der Waals surface area contributed by atoms with Crippen LogP contribution in [0, 0.1) is 22.0 Å². The number of nitro benzene ring substituents is 1. The van der Waals surface area contributed by atoms with E-state index in [-0.39, 0.29) is 11.8 Å². The second-order valence-corrected chi connectivity index (χ2v) is 5.77. The fraction of sp³-hybridized carbons (Fsp3) is 0.538. The van der Waals surface area contributed by atoms with Crippen molar-refractivity contribution in [3.05, 3.63) is 33.3 Å². The predicted octanol–water partition coefficient (Wildman–Crippen LogP) is 2.46. The molecule has 1 heterocycles. The lowest BCUT2D eigenvalue weighted by Crippen LogP contribution is -2.24. The summed E-state index contributed by atoms with van der Waals surface area (Å²) in [5.74, 6) is 0.826. The molecule has 2 aliphatic rings. The van der Waals surface area contributed by atoms with E-state index in [4.69, 9.17) is 11.6 Å². The number of aliphatic hydroxyl groups excluding tert-OH is 1. The number of hydrogen-bond donors (Lipinski definition) is 1. The van der Waals surface area contributed by atoms with Gasteiger partial charge in [0.05, 0.1) is 21.7 Å². The number of fused-ring (bicyclic) bond motifs is 1. The summed E-state index contributed by atoms with van der Waals surface area (Å²) in [5.41, 5.74) is 0.835. The van der Waals surface area contributed by atoms with Gasteiger partial charge in [-0.3, -0.25) is 10.1 Å². The number of aliphatic hydroxyl groups is 1. The molecule has 0 bridgehead atoms. The zero-order chi connectivity index (χ0) is 13.6. The molecule has 102 valence electrons. The second-order valence-electron chi connectivity index (χ2n) is 5.37. The van der Waals surface area contributed by atoms with E-state index < -0.39 is 4.92 Å². The van der Waals surface area contributed by atoms with Gasteiger partial charge < -0.3 is 10.0 Å². The molecule has 1 aliphatic heterocycles. The molecule has 3 atom stereocenters. The van der Waals surface area contributed by atoms with Crippen molar-refractivity contribution in [3.8, 4) is 0 Å². The van der Waals surface area contributed by atoms with Crippen LogP contribution in [0.15, 0.2) is 18.2 Å². The van der Waals surface area contributed by atoms with Crippen LogP contribution in [0.25, 0.3) is 0 Å². The Morgan fingerprint density at radius 2 is 2.16 bits per heavy atom. The topological polar surface area (TPSA) is 66.6 Å². The number of halogens is 1. The Hall–Kier alpha value is -1.33. The zero-order valence-electron chi connectivity index (χ0n) is 10.3. The molecule has 1 saturated carbocycles. The van der Waals surface area contributed by atoms with Gasteiger partial charge in [-0.1, -0.05) is 11.6 Å². The Bertz CT molecular complexity index is 523. The minimum absolute atomic E-state index is 0.00757. The van der Waals surface area contributed by atoms with Crippen LogP contribution in [0.2, 0.25) is 5.02 Å². The molecule has 0 aromatic heterocycles. The molecule has 1 saturated heterocycles. The molecule has 1 aliphatic carbocycles. The number of rotatable bonds is 2. The summed E-state index contributed by atoms with van der Waals surface area (Å²) in [5, 5.41) is 21.0. The maximum atomic E-state index is 10.7. The van der Waals surface area contributed by atoms with Gasteiger partial charge in [0, 0.05) is 31.1 Å². The highest BCUT2D eigenvalue weighted by Gasteiger charge is 2.42. The molecular formula is C13H15ClN2O3. The van der Waals surface area contributed by atoms with E-state index in [1.54, 1.807) is 6.07 Å². The molecule has 2 fully saturated rings. The van der Waals surface area contributed by atoms with Crippen LogP contribution in [0.3, 0.4) is 0 Å². The quantitative estimate of drug-likeness (QED) is 0.668. The van der Waals surface area contributed by atoms with Crippen LogP contribution < -0.4 is 4.90 Å². The monoisotopic (exact) mass is 282 g/mol. The highest BCUT2D eigenvalue weighted by Crippen LogP contribution is 2.41. The largest absolute Gasteiger partial charge is 0.393 e. The van der Waals surface area contributed by atoms with Crippen molar-refractivity contribution in [3.63, 3.8) is 0 Å². The molecule has 0 spiro atoms. The Morgan fingerprint density at radius 1 is 1.37 bits per heavy atom. The summed E-state index contributed by atoms with van der Waals surface area (Å²) in [7, 11) is 0. The van der Waals surface area contributed by atoms with E-state index in [1.807, 2.05) is 0 Å². The first-order chi connectivity index (χ1) is 9.06. The third-order valence-electron chi connectivity index (χ3n) is 4.30. The summed E-state index contributed by atoms with van der Waals surface area (Å²) < 4.78 is 0. The summed E-state index contributed by atoms with van der Waals surface area (Å²) in [4.78, 5) is 12.4. The van der Waals surface area contributed by atoms with E-state index >= 15 is 0 Å². The number of anilines is 1. The first-order valence-corrected chi connectivity index (χ1v) is 6.81. The van der Waals surface area contributed by atoms with Gasteiger partial charge in [0.1, 0.15) is 0 Å². The van der Waals surface area contributed by atoms with Crippen LogP contribution in [0.5, 0.6) is 0 Å². The molecule has 3 rings (SSSR count). The van der Waals surface area contributed by atoms with Crippen molar-refractivity contribution in [2.24, 2.45) is 11.8 Å². The highest BCUT2D eigenvalue weighted by molar-refractivity contribution is 6.33. The molecule has 1 aromatic carbocycles. The van der Waals surface area contributed by atoms with E-state index in [0.717, 1.165) is 31.6 Å². The van der Waals surface area contributed by atoms with Gasteiger partial charge in [-0.15, -0.1) is 0 Å². The molecule has 0 amide bonds. The summed E-state index contributed by atoms with van der Waals surface area (Å²) in [6, 6.07) is 4.57. The minimum atomic E-state index is -0.446. The van der Waals surface area contributed by atoms with Crippen LogP contribution in [-0.2, 0) is 0 Å². The third-order valence-corrected chi connectivity index (χ3v) is 4.60. The lowest BCUT2D eigenvalue weighted by Gasteiger charge is -2.21. The van der Waals surface area contributed by atoms with Gasteiger partial charge in [0.15, 0.2) is 0 Å². The minimum Gasteiger partial charge on any atom is -0.393 e. The van der Waals surface area contributed by atoms with E-state index in [1.165, 1.54) is 12.1 Å². The Morgan fingerprint density at radius 3 is 2.79 bits per heavy atom. The number of benzene rings is 1. The van der Waals surface area contributed by atoms with E-state index in [9.17, 15) is 15.2 Å². The zero-order valence-corrected chi connectivity index (χ0v) is 11.1. The average molecular weight is 283 g/mol. The number of nitro groups is 1. The van der Waals surface area contributed by atoms with Crippen molar-refractivity contribution in [1.29, 1.82) is 0 Å². The van der Waals surface area contributed by atoms with Gasteiger partial charge in [-0.25, -0.2) is 0 Å². The third kappa shape index (κ3) is 2.17. The number of non-ortho nitro benzene ring substituents is 1. The molecule has 1 N–H and O–H groups in total. The van der Waals surface area contributed by atoms with Crippen LogP contribution in [0.4, 0.5) is 11.4 Å². The van der Waals surface area contributed by atoms with Gasteiger partial charge in [0.25, 0.3) is 5.69 Å². The van der Waals surface area contributed by atoms with E-state index in [2.05, 4.69) is 4.90 Å².